The molecule has 1 aliphatic rings. The number of ether oxygens (including phenoxy) is 1. The fourth-order valence-electron chi connectivity index (χ4n) is 2.20. The molecule has 1 amide bonds. The van der Waals surface area contributed by atoms with Crippen LogP contribution in [0.15, 0.2) is 0 Å². The van der Waals surface area contributed by atoms with Crippen LogP contribution in [0.4, 0.5) is 0 Å². The second kappa shape index (κ2) is 8.45. The quantitative estimate of drug-likeness (QED) is 0.685. The van der Waals surface area contributed by atoms with Crippen molar-refractivity contribution in [3.05, 3.63) is 0 Å². The molecule has 0 bridgehead atoms. The Morgan fingerprint density at radius 1 is 1.44 bits per heavy atom. The highest BCUT2D eigenvalue weighted by Crippen LogP contribution is 2.11. The molecule has 2 N–H and O–H groups in total. The van der Waals surface area contributed by atoms with E-state index in [9.17, 15) is 4.79 Å². The molecule has 0 aromatic heterocycles. The number of hydrogen-bond acceptors (Lipinski definition) is 4. The van der Waals surface area contributed by atoms with Crippen LogP contribution in [0, 0.1) is 0 Å². The van der Waals surface area contributed by atoms with Gasteiger partial charge in [0.2, 0.25) is 5.91 Å². The van der Waals surface area contributed by atoms with Gasteiger partial charge in [-0.15, -0.1) is 0 Å². The lowest BCUT2D eigenvalue weighted by molar-refractivity contribution is -0.124. The van der Waals surface area contributed by atoms with Crippen LogP contribution >= 0.6 is 0 Å². The highest BCUT2D eigenvalue weighted by atomic mass is 16.5. The summed E-state index contributed by atoms with van der Waals surface area (Å²) in [6, 6.07) is 0.455. The molecule has 5 nitrogen and oxygen atoms in total. The van der Waals surface area contributed by atoms with Crippen molar-refractivity contribution in [2.45, 2.75) is 38.3 Å². The topological polar surface area (TPSA) is 53.6 Å². The van der Waals surface area contributed by atoms with E-state index in [1.165, 1.54) is 6.42 Å². The Balaban J connectivity index is 2.12. The van der Waals surface area contributed by atoms with E-state index >= 15 is 0 Å². The summed E-state index contributed by atoms with van der Waals surface area (Å²) in [5.74, 6) is 0.140. The summed E-state index contributed by atoms with van der Waals surface area (Å²) in [6.45, 7) is 5.32. The third-order valence-electron chi connectivity index (χ3n) is 3.40. The minimum atomic E-state index is -0.00182. The minimum Gasteiger partial charge on any atom is -0.383 e. The maximum absolute atomic E-state index is 11.9. The van der Waals surface area contributed by atoms with Crippen molar-refractivity contribution in [2.24, 2.45) is 0 Å². The van der Waals surface area contributed by atoms with Crippen molar-refractivity contribution in [2.75, 3.05) is 40.4 Å². The van der Waals surface area contributed by atoms with Gasteiger partial charge in [-0.3, -0.25) is 4.79 Å². The summed E-state index contributed by atoms with van der Waals surface area (Å²) in [6.07, 6.45) is 3.26. The predicted octanol–water partition coefficient (Wildman–Crippen LogP) is 0.211. The van der Waals surface area contributed by atoms with Crippen molar-refractivity contribution in [3.63, 3.8) is 0 Å². The molecule has 106 valence electrons. The Hall–Kier alpha value is -0.650. The smallest absolute Gasteiger partial charge is 0.237 e. The van der Waals surface area contributed by atoms with Crippen molar-refractivity contribution in [1.29, 1.82) is 0 Å². The highest BCUT2D eigenvalue weighted by Gasteiger charge is 2.23. The first-order valence-electron chi connectivity index (χ1n) is 6.84. The second-order valence-corrected chi connectivity index (χ2v) is 5.14. The molecule has 0 aromatic rings. The summed E-state index contributed by atoms with van der Waals surface area (Å²) < 4.78 is 5.01. The fourth-order valence-corrected chi connectivity index (χ4v) is 2.20. The van der Waals surface area contributed by atoms with Crippen molar-refractivity contribution in [1.82, 2.24) is 15.5 Å². The lowest BCUT2D eigenvalue weighted by atomic mass is 9.99. The third kappa shape index (κ3) is 5.80. The molecule has 0 radical (unpaired) electrons. The molecule has 0 aromatic carbocycles. The Labute approximate surface area is 110 Å². The van der Waals surface area contributed by atoms with E-state index in [0.717, 1.165) is 32.5 Å². The lowest BCUT2D eigenvalue weighted by Crippen LogP contribution is -2.51. The number of carbonyl (C=O) groups excluding carboxylic acids is 1. The average molecular weight is 257 g/mol. The van der Waals surface area contributed by atoms with Crippen LogP contribution in [0.2, 0.25) is 0 Å². The van der Waals surface area contributed by atoms with Gasteiger partial charge in [0.25, 0.3) is 0 Å². The SMILES string of the molecule is COCCN(C)CCNC(=O)C1CCCC(C)N1. The zero-order chi connectivity index (χ0) is 13.4. The number of carbonyl (C=O) groups is 1. The zero-order valence-corrected chi connectivity index (χ0v) is 11.9. The number of methoxy groups -OCH3 is 1. The summed E-state index contributed by atoms with van der Waals surface area (Å²) in [4.78, 5) is 14.1. The van der Waals surface area contributed by atoms with Gasteiger partial charge in [-0.1, -0.05) is 0 Å². The van der Waals surface area contributed by atoms with Gasteiger partial charge in [0.1, 0.15) is 0 Å². The van der Waals surface area contributed by atoms with Gasteiger partial charge in [-0.25, -0.2) is 0 Å². The highest BCUT2D eigenvalue weighted by molar-refractivity contribution is 5.81. The maximum atomic E-state index is 11.9. The Kier molecular flexibility index (Phi) is 7.23. The molecular weight excluding hydrogens is 230 g/mol. The van der Waals surface area contributed by atoms with Crippen LogP contribution in [-0.2, 0) is 9.53 Å². The first kappa shape index (κ1) is 15.4. The summed E-state index contributed by atoms with van der Waals surface area (Å²) in [5.41, 5.74) is 0. The standard InChI is InChI=1S/C13H27N3O2/c1-11-5-4-6-12(15-11)13(17)14-7-8-16(2)9-10-18-3/h11-12,15H,4-10H2,1-3H3,(H,14,17). The van der Waals surface area contributed by atoms with Crippen LogP contribution in [0.3, 0.4) is 0 Å². The number of likely N-dealkylation sites (N-methyl/N-ethyl adjacent to an activating group) is 1. The van der Waals surface area contributed by atoms with Gasteiger partial charge in [-0.2, -0.15) is 0 Å². The molecule has 1 heterocycles. The van der Waals surface area contributed by atoms with Gasteiger partial charge >= 0.3 is 0 Å². The zero-order valence-electron chi connectivity index (χ0n) is 11.9. The van der Waals surface area contributed by atoms with Crippen molar-refractivity contribution >= 4 is 5.91 Å². The maximum Gasteiger partial charge on any atom is 0.237 e. The molecule has 1 aliphatic heterocycles. The molecule has 1 fully saturated rings. The predicted molar refractivity (Wildman–Crippen MR) is 72.6 cm³/mol. The van der Waals surface area contributed by atoms with E-state index in [0.29, 0.717) is 12.6 Å². The van der Waals surface area contributed by atoms with Gasteiger partial charge < -0.3 is 20.3 Å². The Morgan fingerprint density at radius 2 is 2.22 bits per heavy atom. The van der Waals surface area contributed by atoms with E-state index in [1.54, 1.807) is 7.11 Å². The molecular formula is C13H27N3O2. The van der Waals surface area contributed by atoms with Crippen LogP contribution in [-0.4, -0.2) is 63.3 Å². The van der Waals surface area contributed by atoms with Crippen LogP contribution in [0.1, 0.15) is 26.2 Å². The molecule has 2 unspecified atom stereocenters. The second-order valence-electron chi connectivity index (χ2n) is 5.14. The van der Waals surface area contributed by atoms with Gasteiger partial charge in [0.05, 0.1) is 12.6 Å². The van der Waals surface area contributed by atoms with Crippen LogP contribution < -0.4 is 10.6 Å². The molecule has 0 spiro atoms. The largest absolute Gasteiger partial charge is 0.383 e. The number of nitrogens with one attached hydrogen (secondary N) is 2. The monoisotopic (exact) mass is 257 g/mol. The molecule has 1 saturated heterocycles. The minimum absolute atomic E-state index is 0.00182. The van der Waals surface area contributed by atoms with E-state index in [2.05, 4.69) is 22.5 Å². The van der Waals surface area contributed by atoms with E-state index in [-0.39, 0.29) is 11.9 Å². The summed E-state index contributed by atoms with van der Waals surface area (Å²) in [7, 11) is 3.73. The molecule has 5 heteroatoms. The Bertz CT molecular complexity index is 248. The third-order valence-corrected chi connectivity index (χ3v) is 3.40. The molecule has 2 atom stereocenters. The van der Waals surface area contributed by atoms with Gasteiger partial charge in [0.15, 0.2) is 0 Å². The normalized spacial score (nSPS) is 24.2. The number of piperidine rings is 1. The van der Waals surface area contributed by atoms with E-state index < -0.39 is 0 Å². The number of amides is 1. The first-order valence-corrected chi connectivity index (χ1v) is 6.84. The Morgan fingerprint density at radius 3 is 2.89 bits per heavy atom. The molecule has 0 aliphatic carbocycles. The lowest BCUT2D eigenvalue weighted by Gasteiger charge is -2.28. The fraction of sp³-hybridized carbons (Fsp3) is 0.923. The molecule has 18 heavy (non-hydrogen) atoms. The number of rotatable bonds is 7. The van der Waals surface area contributed by atoms with Crippen molar-refractivity contribution < 1.29 is 9.53 Å². The van der Waals surface area contributed by atoms with E-state index in [1.807, 2.05) is 7.05 Å². The number of hydrogen-bond donors (Lipinski definition) is 2. The summed E-state index contributed by atoms with van der Waals surface area (Å²) >= 11 is 0. The number of nitrogens with zero attached hydrogens (tertiary/aromatic N) is 1. The average Bonchev–Trinajstić information content (AvgIpc) is 2.36. The van der Waals surface area contributed by atoms with Crippen molar-refractivity contribution in [3.8, 4) is 0 Å². The van der Waals surface area contributed by atoms with Crippen LogP contribution in [0.5, 0.6) is 0 Å². The summed E-state index contributed by atoms with van der Waals surface area (Å²) in [5, 5.41) is 6.34. The van der Waals surface area contributed by atoms with Gasteiger partial charge in [0, 0.05) is 32.8 Å². The van der Waals surface area contributed by atoms with Gasteiger partial charge in [-0.05, 0) is 33.2 Å². The van der Waals surface area contributed by atoms with E-state index in [4.69, 9.17) is 4.74 Å². The molecule has 0 saturated carbocycles. The molecule has 1 rings (SSSR count). The first-order chi connectivity index (χ1) is 8.63. The van der Waals surface area contributed by atoms with Crippen LogP contribution in [0.25, 0.3) is 0 Å².